The highest BCUT2D eigenvalue weighted by Crippen LogP contribution is 2.23. The molecule has 0 spiro atoms. The summed E-state index contributed by atoms with van der Waals surface area (Å²) in [5.74, 6) is 0.787. The quantitative estimate of drug-likeness (QED) is 0.581. The van der Waals surface area contributed by atoms with Crippen molar-refractivity contribution >= 4 is 5.91 Å². The van der Waals surface area contributed by atoms with Crippen LogP contribution in [0.1, 0.15) is 15.9 Å². The molecule has 1 N–H and O–H groups in total. The van der Waals surface area contributed by atoms with E-state index < -0.39 is 0 Å². The Hall–Kier alpha value is -3.67. The molecule has 0 saturated heterocycles. The summed E-state index contributed by atoms with van der Waals surface area (Å²) in [4.78, 5) is 19.1. The first-order valence-electron chi connectivity index (χ1n) is 9.04. The minimum Gasteiger partial charge on any atom is -0.337 e. The van der Waals surface area contributed by atoms with Crippen LogP contribution in [-0.2, 0) is 13.6 Å². The number of nitrogens with one attached hydrogen (secondary N) is 1. The van der Waals surface area contributed by atoms with Crippen molar-refractivity contribution in [3.05, 3.63) is 84.3 Å². The second kappa shape index (κ2) is 7.52. The fraction of sp³-hybridized carbons (Fsp3) is 0.136. The predicted octanol–water partition coefficient (Wildman–Crippen LogP) is 3.75. The van der Waals surface area contributed by atoms with Crippen LogP contribution in [0.4, 0.5) is 0 Å². The van der Waals surface area contributed by atoms with E-state index in [1.807, 2.05) is 72.4 Å². The molecule has 6 nitrogen and oxygen atoms in total. The van der Waals surface area contributed by atoms with Crippen LogP contribution in [0.15, 0.2) is 73.2 Å². The van der Waals surface area contributed by atoms with Crippen LogP contribution >= 0.6 is 0 Å². The number of rotatable bonds is 5. The molecule has 0 unspecified atom stereocenters. The lowest BCUT2D eigenvalue weighted by atomic mass is 10.1. The minimum atomic E-state index is -0.0451. The maximum atomic E-state index is 13.0. The molecule has 0 aliphatic carbocycles. The van der Waals surface area contributed by atoms with Crippen LogP contribution in [0.2, 0.25) is 0 Å². The van der Waals surface area contributed by atoms with Gasteiger partial charge < -0.3 is 9.47 Å². The Balaban J connectivity index is 1.56. The van der Waals surface area contributed by atoms with Gasteiger partial charge in [0, 0.05) is 49.7 Å². The number of aromatic amines is 1. The molecule has 2 heterocycles. The van der Waals surface area contributed by atoms with Gasteiger partial charge in [-0.1, -0.05) is 42.5 Å². The maximum Gasteiger partial charge on any atom is 0.253 e. The van der Waals surface area contributed by atoms with Gasteiger partial charge in [0.2, 0.25) is 0 Å². The Kier molecular flexibility index (Phi) is 4.76. The van der Waals surface area contributed by atoms with Crippen molar-refractivity contribution in [1.29, 1.82) is 0 Å². The van der Waals surface area contributed by atoms with Gasteiger partial charge in [0.15, 0.2) is 0 Å². The highest BCUT2D eigenvalue weighted by molar-refractivity contribution is 5.95. The van der Waals surface area contributed by atoms with Crippen molar-refractivity contribution in [1.82, 2.24) is 24.6 Å². The van der Waals surface area contributed by atoms with E-state index in [0.717, 1.165) is 28.2 Å². The molecule has 0 aliphatic rings. The molecule has 0 bridgehead atoms. The molecule has 140 valence electrons. The molecular formula is C22H21N5O. The molecule has 2 aromatic carbocycles. The van der Waals surface area contributed by atoms with Crippen molar-refractivity contribution < 1.29 is 4.79 Å². The summed E-state index contributed by atoms with van der Waals surface area (Å²) in [7, 11) is 3.74. The summed E-state index contributed by atoms with van der Waals surface area (Å²) >= 11 is 0. The van der Waals surface area contributed by atoms with Gasteiger partial charge in [-0.15, -0.1) is 0 Å². The Morgan fingerprint density at radius 2 is 1.89 bits per heavy atom. The van der Waals surface area contributed by atoms with Crippen LogP contribution in [0.3, 0.4) is 0 Å². The lowest BCUT2D eigenvalue weighted by molar-refractivity contribution is 0.0785. The van der Waals surface area contributed by atoms with Crippen LogP contribution < -0.4 is 0 Å². The van der Waals surface area contributed by atoms with Crippen LogP contribution in [0.5, 0.6) is 0 Å². The van der Waals surface area contributed by atoms with Crippen LogP contribution in [0.25, 0.3) is 22.6 Å². The number of nitrogens with zero attached hydrogens (tertiary/aromatic N) is 4. The Labute approximate surface area is 163 Å². The average molecular weight is 371 g/mol. The van der Waals surface area contributed by atoms with E-state index in [4.69, 9.17) is 0 Å². The molecule has 0 saturated carbocycles. The number of aryl methyl sites for hydroxylation is 1. The fourth-order valence-corrected chi connectivity index (χ4v) is 3.27. The monoisotopic (exact) mass is 371 g/mol. The Bertz CT molecular complexity index is 1100. The highest BCUT2D eigenvalue weighted by Gasteiger charge is 2.16. The lowest BCUT2D eigenvalue weighted by Crippen LogP contribution is -2.26. The van der Waals surface area contributed by atoms with E-state index in [2.05, 4.69) is 15.2 Å². The molecule has 2 aromatic heterocycles. The van der Waals surface area contributed by atoms with Gasteiger partial charge in [-0.2, -0.15) is 5.10 Å². The van der Waals surface area contributed by atoms with Crippen molar-refractivity contribution in [2.24, 2.45) is 7.05 Å². The third-order valence-corrected chi connectivity index (χ3v) is 4.72. The van der Waals surface area contributed by atoms with Crippen molar-refractivity contribution in [2.45, 2.75) is 6.54 Å². The molecule has 1 amide bonds. The molecule has 0 atom stereocenters. The third kappa shape index (κ3) is 3.44. The minimum absolute atomic E-state index is 0.0451. The van der Waals surface area contributed by atoms with Crippen LogP contribution in [-0.4, -0.2) is 37.6 Å². The lowest BCUT2D eigenvalue weighted by Gasteiger charge is -2.18. The zero-order valence-electron chi connectivity index (χ0n) is 15.8. The Morgan fingerprint density at radius 3 is 2.64 bits per heavy atom. The van der Waals surface area contributed by atoms with E-state index in [1.54, 1.807) is 24.3 Å². The second-order valence-corrected chi connectivity index (χ2v) is 6.74. The zero-order valence-corrected chi connectivity index (χ0v) is 15.8. The SMILES string of the molecule is CN(Cc1cn[nH]c1-c1ccccc1)C(=O)c1cccc(-c2nccn2C)c1. The largest absolute Gasteiger partial charge is 0.337 e. The highest BCUT2D eigenvalue weighted by atomic mass is 16.2. The number of hydrogen-bond acceptors (Lipinski definition) is 3. The standard InChI is InChI=1S/C22H21N5O/c1-26-12-11-23-21(26)17-9-6-10-18(13-17)22(28)27(2)15-19-14-24-25-20(19)16-7-4-3-5-8-16/h3-14H,15H2,1-2H3,(H,24,25). The Morgan fingerprint density at radius 1 is 1.11 bits per heavy atom. The van der Waals surface area contributed by atoms with Crippen molar-refractivity contribution in [3.8, 4) is 22.6 Å². The van der Waals surface area contributed by atoms with Crippen LogP contribution in [0, 0.1) is 0 Å². The summed E-state index contributed by atoms with van der Waals surface area (Å²) in [6.45, 7) is 0.464. The number of amides is 1. The van der Waals surface area contributed by atoms with Gasteiger partial charge in [-0.25, -0.2) is 4.98 Å². The molecular weight excluding hydrogens is 350 g/mol. The smallest absolute Gasteiger partial charge is 0.253 e. The summed E-state index contributed by atoms with van der Waals surface area (Å²) in [5, 5.41) is 7.21. The van der Waals surface area contributed by atoms with Crippen molar-refractivity contribution in [3.63, 3.8) is 0 Å². The number of imidazole rings is 1. The molecule has 6 heteroatoms. The number of carbonyl (C=O) groups is 1. The molecule has 0 radical (unpaired) electrons. The topological polar surface area (TPSA) is 66.8 Å². The second-order valence-electron chi connectivity index (χ2n) is 6.74. The fourth-order valence-electron chi connectivity index (χ4n) is 3.27. The molecule has 4 rings (SSSR count). The molecule has 0 aliphatic heterocycles. The van der Waals surface area contributed by atoms with Gasteiger partial charge in [0.1, 0.15) is 5.82 Å². The first-order valence-corrected chi connectivity index (χ1v) is 9.04. The van der Waals surface area contributed by atoms with Gasteiger partial charge in [-0.05, 0) is 17.7 Å². The number of aromatic nitrogens is 4. The number of H-pyrrole nitrogens is 1. The van der Waals surface area contributed by atoms with E-state index in [-0.39, 0.29) is 5.91 Å². The molecule has 0 fully saturated rings. The first-order chi connectivity index (χ1) is 13.6. The van der Waals surface area contributed by atoms with Crippen molar-refractivity contribution in [2.75, 3.05) is 7.05 Å². The van der Waals surface area contributed by atoms with E-state index >= 15 is 0 Å². The summed E-state index contributed by atoms with van der Waals surface area (Å²) < 4.78 is 1.94. The zero-order chi connectivity index (χ0) is 19.5. The van der Waals surface area contributed by atoms with Gasteiger partial charge in [-0.3, -0.25) is 9.89 Å². The predicted molar refractivity (Wildman–Crippen MR) is 108 cm³/mol. The normalized spacial score (nSPS) is 10.8. The first kappa shape index (κ1) is 17.7. The summed E-state index contributed by atoms with van der Waals surface area (Å²) in [6, 6.07) is 17.6. The number of carbonyl (C=O) groups excluding carboxylic acids is 1. The van der Waals surface area contributed by atoms with Gasteiger partial charge in [0.05, 0.1) is 11.9 Å². The molecule has 28 heavy (non-hydrogen) atoms. The average Bonchev–Trinajstić information content (AvgIpc) is 3.37. The van der Waals surface area contributed by atoms with E-state index in [1.165, 1.54) is 0 Å². The number of hydrogen-bond donors (Lipinski definition) is 1. The summed E-state index contributed by atoms with van der Waals surface area (Å²) in [6.07, 6.45) is 5.41. The van der Waals surface area contributed by atoms with Gasteiger partial charge in [0.25, 0.3) is 5.91 Å². The van der Waals surface area contributed by atoms with E-state index in [0.29, 0.717) is 12.1 Å². The van der Waals surface area contributed by atoms with Gasteiger partial charge >= 0.3 is 0 Å². The number of benzene rings is 2. The summed E-state index contributed by atoms with van der Waals surface area (Å²) in [5.41, 5.74) is 4.50. The molecule has 4 aromatic rings. The third-order valence-electron chi connectivity index (χ3n) is 4.72. The maximum absolute atomic E-state index is 13.0. The van der Waals surface area contributed by atoms with E-state index in [9.17, 15) is 4.79 Å².